The van der Waals surface area contributed by atoms with E-state index in [0.29, 0.717) is 12.8 Å². The molecule has 62 heavy (non-hydrogen) atoms. The van der Waals surface area contributed by atoms with Crippen molar-refractivity contribution in [2.45, 2.75) is 321 Å². The number of aliphatic hydroxyl groups excluding tert-OH is 4. The lowest BCUT2D eigenvalue weighted by atomic mass is 10.00. The molecule has 4 unspecified atom stereocenters. The summed E-state index contributed by atoms with van der Waals surface area (Å²) in [6, 6.07) is -1.000. The van der Waals surface area contributed by atoms with Crippen molar-refractivity contribution in [3.05, 3.63) is 24.3 Å². The van der Waals surface area contributed by atoms with Gasteiger partial charge < -0.3 is 25.7 Å². The third-order valence-electron chi connectivity index (χ3n) is 13.1. The average Bonchev–Trinajstić information content (AvgIpc) is 3.28. The first-order chi connectivity index (χ1) is 30.5. The zero-order valence-electron chi connectivity index (χ0n) is 41.6. The molecule has 0 saturated carbocycles. The quantitative estimate of drug-likeness (QED) is 0.0309. The molecule has 0 spiro atoms. The molecular formula is C56H109NO5. The lowest BCUT2D eigenvalue weighted by Crippen LogP contribution is -2.53. The maximum atomic E-state index is 12.6. The number of aliphatic hydroxyl groups is 4. The molecule has 0 aliphatic rings. The maximum absolute atomic E-state index is 12.6. The SMILES string of the molecule is CCCCCCCCCCCC/C=C/CCCC(O)C(O)C(CO)NC(=O)C(O)CCCCCCCCCCCCCCCCC/C=C\CCCCCCCCCCCCCC. The zero-order chi connectivity index (χ0) is 45.2. The molecule has 0 aromatic carbocycles. The van der Waals surface area contributed by atoms with Crippen LogP contribution in [0.2, 0.25) is 0 Å². The number of amides is 1. The standard InChI is InChI=1S/C56H109NO5/c1-3-5-7-9-11-13-15-17-19-20-21-22-23-24-25-26-27-28-29-30-31-32-33-34-36-38-40-42-44-46-48-50-54(60)56(62)57-52(51-58)55(61)53(59)49-47-45-43-41-39-37-35-18-16-14-12-10-8-6-4-2/h24-25,41,43,52-55,58-61H,3-23,26-40,42,44-51H2,1-2H3,(H,57,62)/b25-24-,43-41+. The van der Waals surface area contributed by atoms with Gasteiger partial charge in [0.1, 0.15) is 12.2 Å². The molecule has 5 N–H and O–H groups in total. The molecule has 0 bridgehead atoms. The van der Waals surface area contributed by atoms with Gasteiger partial charge in [-0.05, 0) is 64.2 Å². The van der Waals surface area contributed by atoms with Crippen molar-refractivity contribution in [3.63, 3.8) is 0 Å². The van der Waals surface area contributed by atoms with Gasteiger partial charge in [-0.15, -0.1) is 0 Å². The molecule has 368 valence electrons. The molecule has 4 atom stereocenters. The van der Waals surface area contributed by atoms with Crippen LogP contribution in [-0.2, 0) is 4.79 Å². The molecule has 1 amide bonds. The Morgan fingerprint density at radius 3 is 0.968 bits per heavy atom. The van der Waals surface area contributed by atoms with Crippen LogP contribution in [0.3, 0.4) is 0 Å². The Morgan fingerprint density at radius 2 is 0.661 bits per heavy atom. The monoisotopic (exact) mass is 876 g/mol. The normalized spacial score (nSPS) is 14.0. The van der Waals surface area contributed by atoms with Crippen LogP contribution in [0.5, 0.6) is 0 Å². The van der Waals surface area contributed by atoms with E-state index < -0.39 is 36.9 Å². The van der Waals surface area contributed by atoms with Crippen molar-refractivity contribution in [2.75, 3.05) is 6.61 Å². The number of hydrogen-bond donors (Lipinski definition) is 5. The second-order valence-electron chi connectivity index (χ2n) is 19.3. The maximum Gasteiger partial charge on any atom is 0.249 e. The Morgan fingerprint density at radius 1 is 0.387 bits per heavy atom. The van der Waals surface area contributed by atoms with E-state index in [1.807, 2.05) is 0 Å². The Kier molecular flexibility index (Phi) is 49.8. The van der Waals surface area contributed by atoms with Gasteiger partial charge in [0, 0.05) is 0 Å². The van der Waals surface area contributed by atoms with E-state index in [2.05, 4.69) is 43.5 Å². The smallest absolute Gasteiger partial charge is 0.249 e. The van der Waals surface area contributed by atoms with Gasteiger partial charge in [-0.2, -0.15) is 0 Å². The minimum absolute atomic E-state index is 0.366. The van der Waals surface area contributed by atoms with Gasteiger partial charge in [0.2, 0.25) is 5.91 Å². The van der Waals surface area contributed by atoms with Gasteiger partial charge in [0.05, 0.1) is 18.8 Å². The minimum Gasteiger partial charge on any atom is -0.394 e. The molecular weight excluding hydrogens is 767 g/mol. The fraction of sp³-hybridized carbons (Fsp3) is 0.911. The Labute approximate surface area is 386 Å². The molecule has 0 aromatic heterocycles. The van der Waals surface area contributed by atoms with Gasteiger partial charge in [-0.25, -0.2) is 0 Å². The number of unbranched alkanes of at least 4 members (excludes halogenated alkanes) is 38. The molecule has 0 saturated heterocycles. The molecule has 6 heteroatoms. The summed E-state index contributed by atoms with van der Waals surface area (Å²) < 4.78 is 0. The van der Waals surface area contributed by atoms with Crippen molar-refractivity contribution in [1.29, 1.82) is 0 Å². The van der Waals surface area contributed by atoms with Crippen molar-refractivity contribution in [1.82, 2.24) is 5.32 Å². The fourth-order valence-corrected chi connectivity index (χ4v) is 8.75. The Bertz CT molecular complexity index is 939. The van der Waals surface area contributed by atoms with E-state index in [1.165, 1.54) is 231 Å². The second kappa shape index (κ2) is 50.8. The predicted molar refractivity (Wildman–Crippen MR) is 270 cm³/mol. The molecule has 0 aromatic rings. The van der Waals surface area contributed by atoms with Crippen molar-refractivity contribution < 1.29 is 25.2 Å². The average molecular weight is 876 g/mol. The number of hydrogen-bond acceptors (Lipinski definition) is 5. The highest BCUT2D eigenvalue weighted by Crippen LogP contribution is 2.17. The lowest BCUT2D eigenvalue weighted by molar-refractivity contribution is -0.132. The number of carbonyl (C=O) groups excluding carboxylic acids is 1. The summed E-state index contributed by atoms with van der Waals surface area (Å²) in [6.07, 6.45) is 61.1. The van der Waals surface area contributed by atoms with Crippen LogP contribution >= 0.6 is 0 Å². The summed E-state index contributed by atoms with van der Waals surface area (Å²) in [5, 5.41) is 43.8. The van der Waals surface area contributed by atoms with Gasteiger partial charge in [-0.1, -0.05) is 256 Å². The van der Waals surface area contributed by atoms with E-state index in [-0.39, 0.29) is 0 Å². The van der Waals surface area contributed by atoms with Crippen LogP contribution in [0.1, 0.15) is 296 Å². The summed E-state index contributed by atoms with van der Waals surface area (Å²) in [5.74, 6) is -0.590. The molecule has 6 nitrogen and oxygen atoms in total. The topological polar surface area (TPSA) is 110 Å². The van der Waals surface area contributed by atoms with Gasteiger partial charge >= 0.3 is 0 Å². The molecule has 0 aliphatic carbocycles. The number of nitrogens with one attached hydrogen (secondary N) is 1. The van der Waals surface area contributed by atoms with Crippen molar-refractivity contribution in [2.24, 2.45) is 0 Å². The van der Waals surface area contributed by atoms with Crippen molar-refractivity contribution in [3.8, 4) is 0 Å². The van der Waals surface area contributed by atoms with Crippen LogP contribution in [0.4, 0.5) is 0 Å². The van der Waals surface area contributed by atoms with Crippen LogP contribution in [-0.4, -0.2) is 57.3 Å². The van der Waals surface area contributed by atoms with Gasteiger partial charge in [0.25, 0.3) is 0 Å². The summed E-state index contributed by atoms with van der Waals surface area (Å²) >= 11 is 0. The summed E-state index contributed by atoms with van der Waals surface area (Å²) in [5.41, 5.74) is 0. The number of carbonyl (C=O) groups is 1. The third kappa shape index (κ3) is 44.0. The van der Waals surface area contributed by atoms with Crippen LogP contribution in [0.15, 0.2) is 24.3 Å². The molecule has 0 rings (SSSR count). The highest BCUT2D eigenvalue weighted by Gasteiger charge is 2.28. The molecule has 0 heterocycles. The van der Waals surface area contributed by atoms with Crippen LogP contribution < -0.4 is 5.32 Å². The van der Waals surface area contributed by atoms with E-state index in [9.17, 15) is 25.2 Å². The molecule has 0 aliphatic heterocycles. The fourth-order valence-electron chi connectivity index (χ4n) is 8.75. The molecule has 0 radical (unpaired) electrons. The Balaban J connectivity index is 3.59. The first-order valence-electron chi connectivity index (χ1n) is 27.7. The van der Waals surface area contributed by atoms with Crippen molar-refractivity contribution >= 4 is 5.91 Å². The van der Waals surface area contributed by atoms with Crippen LogP contribution in [0, 0.1) is 0 Å². The number of rotatable bonds is 51. The molecule has 0 fully saturated rings. The predicted octanol–water partition coefficient (Wildman–Crippen LogP) is 15.9. The first kappa shape index (κ1) is 60.8. The summed E-state index contributed by atoms with van der Waals surface area (Å²) in [4.78, 5) is 12.6. The summed E-state index contributed by atoms with van der Waals surface area (Å²) in [7, 11) is 0. The van der Waals surface area contributed by atoms with Gasteiger partial charge in [-0.3, -0.25) is 4.79 Å². The van der Waals surface area contributed by atoms with Gasteiger partial charge in [0.15, 0.2) is 0 Å². The highest BCUT2D eigenvalue weighted by atomic mass is 16.3. The minimum atomic E-state index is -1.28. The largest absolute Gasteiger partial charge is 0.394 e. The number of allylic oxidation sites excluding steroid dienone is 4. The van der Waals surface area contributed by atoms with E-state index in [1.54, 1.807) is 0 Å². The van der Waals surface area contributed by atoms with Crippen LogP contribution in [0.25, 0.3) is 0 Å². The van der Waals surface area contributed by atoms with E-state index in [0.717, 1.165) is 38.5 Å². The highest BCUT2D eigenvalue weighted by molar-refractivity contribution is 5.80. The Hall–Kier alpha value is -1.21. The second-order valence-corrected chi connectivity index (χ2v) is 19.3. The third-order valence-corrected chi connectivity index (χ3v) is 13.1. The summed E-state index contributed by atoms with van der Waals surface area (Å²) in [6.45, 7) is 4.06. The lowest BCUT2D eigenvalue weighted by Gasteiger charge is -2.27. The zero-order valence-corrected chi connectivity index (χ0v) is 41.6. The van der Waals surface area contributed by atoms with E-state index in [4.69, 9.17) is 0 Å². The van der Waals surface area contributed by atoms with E-state index >= 15 is 0 Å². The first-order valence-corrected chi connectivity index (χ1v) is 27.7.